The fraction of sp³-hybridized carbons (Fsp3) is 0.267. The molecule has 21 heavy (non-hydrogen) atoms. The van der Waals surface area contributed by atoms with Crippen LogP contribution in [0.1, 0.15) is 16.8 Å². The molecule has 112 valence electrons. The van der Waals surface area contributed by atoms with E-state index < -0.39 is 11.7 Å². The number of hydrogen-bond donors (Lipinski definition) is 1. The number of alkyl halides is 3. The molecule has 3 nitrogen and oxygen atoms in total. The van der Waals surface area contributed by atoms with Crippen molar-refractivity contribution in [3.63, 3.8) is 0 Å². The van der Waals surface area contributed by atoms with Gasteiger partial charge in [0, 0.05) is 12.1 Å². The molecule has 0 aliphatic heterocycles. The van der Waals surface area contributed by atoms with Gasteiger partial charge in [0.2, 0.25) is 0 Å². The lowest BCUT2D eigenvalue weighted by Gasteiger charge is -2.10. The molecule has 0 spiro atoms. The molecule has 0 saturated heterocycles. The van der Waals surface area contributed by atoms with Crippen LogP contribution in [0.25, 0.3) is 0 Å². The molecule has 0 aliphatic carbocycles. The Hall–Kier alpha value is -2.08. The van der Waals surface area contributed by atoms with E-state index in [9.17, 15) is 13.2 Å². The second-order valence-electron chi connectivity index (χ2n) is 4.51. The fourth-order valence-corrected chi connectivity index (χ4v) is 1.80. The van der Waals surface area contributed by atoms with Crippen molar-refractivity contribution in [3.05, 3.63) is 59.4 Å². The number of pyridine rings is 1. The highest BCUT2D eigenvalue weighted by Crippen LogP contribution is 2.29. The van der Waals surface area contributed by atoms with Crippen molar-refractivity contribution in [2.24, 2.45) is 5.73 Å². The molecule has 0 atom stereocenters. The third kappa shape index (κ3) is 4.46. The van der Waals surface area contributed by atoms with Gasteiger partial charge in [0.1, 0.15) is 12.4 Å². The van der Waals surface area contributed by atoms with E-state index in [-0.39, 0.29) is 6.61 Å². The van der Waals surface area contributed by atoms with E-state index in [0.29, 0.717) is 24.3 Å². The minimum atomic E-state index is -4.35. The molecule has 1 aromatic carbocycles. The molecular formula is C15H15F3N2O. The van der Waals surface area contributed by atoms with Gasteiger partial charge in [-0.3, -0.25) is 4.98 Å². The molecule has 2 rings (SSSR count). The summed E-state index contributed by atoms with van der Waals surface area (Å²) in [5, 5.41) is 0. The number of hydrogen-bond acceptors (Lipinski definition) is 3. The van der Waals surface area contributed by atoms with Crippen molar-refractivity contribution < 1.29 is 17.9 Å². The number of ether oxygens (including phenoxy) is 1. The normalized spacial score (nSPS) is 11.4. The Balaban J connectivity index is 1.99. The summed E-state index contributed by atoms with van der Waals surface area (Å²) in [6.07, 6.45) is -2.13. The summed E-state index contributed by atoms with van der Waals surface area (Å²) in [6, 6.07) is 8.58. The third-order valence-corrected chi connectivity index (χ3v) is 2.86. The Morgan fingerprint density at radius 1 is 1.14 bits per heavy atom. The molecule has 1 aromatic heterocycles. The average Bonchev–Trinajstić information content (AvgIpc) is 2.46. The van der Waals surface area contributed by atoms with Crippen LogP contribution in [0.5, 0.6) is 5.75 Å². The first-order valence-corrected chi connectivity index (χ1v) is 6.43. The monoisotopic (exact) mass is 296 g/mol. The molecule has 0 unspecified atom stereocenters. The molecule has 0 fully saturated rings. The minimum Gasteiger partial charge on any atom is -0.487 e. The maximum absolute atomic E-state index is 12.6. The van der Waals surface area contributed by atoms with Crippen LogP contribution in [0.4, 0.5) is 13.2 Å². The summed E-state index contributed by atoms with van der Waals surface area (Å²) < 4.78 is 43.2. The Bertz CT molecular complexity index is 582. The molecule has 2 aromatic rings. The Morgan fingerprint density at radius 3 is 2.57 bits per heavy atom. The summed E-state index contributed by atoms with van der Waals surface area (Å²) in [5.74, 6) is 0.508. The number of nitrogens with two attached hydrogens (primary N) is 1. The predicted molar refractivity (Wildman–Crippen MR) is 72.8 cm³/mol. The van der Waals surface area contributed by atoms with Crippen LogP contribution in [-0.2, 0) is 19.2 Å². The van der Waals surface area contributed by atoms with E-state index >= 15 is 0 Å². The Labute approximate surface area is 120 Å². The molecule has 0 bridgehead atoms. The van der Waals surface area contributed by atoms with E-state index in [1.54, 1.807) is 24.4 Å². The van der Waals surface area contributed by atoms with Crippen molar-refractivity contribution in [2.45, 2.75) is 19.2 Å². The van der Waals surface area contributed by atoms with Crippen molar-refractivity contribution in [1.82, 2.24) is 4.98 Å². The van der Waals surface area contributed by atoms with Crippen molar-refractivity contribution in [1.29, 1.82) is 0 Å². The van der Waals surface area contributed by atoms with E-state index in [0.717, 1.165) is 17.8 Å². The van der Waals surface area contributed by atoms with Crippen molar-refractivity contribution in [3.8, 4) is 5.75 Å². The first-order chi connectivity index (χ1) is 9.99. The maximum Gasteiger partial charge on any atom is 0.416 e. The third-order valence-electron chi connectivity index (χ3n) is 2.86. The lowest BCUT2D eigenvalue weighted by atomic mass is 10.1. The van der Waals surface area contributed by atoms with Gasteiger partial charge in [-0.2, -0.15) is 13.2 Å². The molecule has 0 amide bonds. The summed E-state index contributed by atoms with van der Waals surface area (Å²) in [6.45, 7) is 0.569. The van der Waals surface area contributed by atoms with Crippen molar-refractivity contribution in [2.75, 3.05) is 6.54 Å². The van der Waals surface area contributed by atoms with Gasteiger partial charge >= 0.3 is 6.18 Å². The molecule has 2 N–H and O–H groups in total. The SMILES string of the molecule is NCCc1ccc(OCc2cccc(C(F)(F)F)c2)cn1. The molecule has 1 heterocycles. The van der Waals surface area contributed by atoms with Crippen LogP contribution in [0, 0.1) is 0 Å². The van der Waals surface area contributed by atoms with Gasteiger partial charge in [-0.1, -0.05) is 12.1 Å². The zero-order valence-corrected chi connectivity index (χ0v) is 11.2. The van der Waals surface area contributed by atoms with Crippen LogP contribution in [0.15, 0.2) is 42.6 Å². The zero-order valence-electron chi connectivity index (χ0n) is 11.2. The van der Waals surface area contributed by atoms with Crippen LogP contribution < -0.4 is 10.5 Å². The Kier molecular flexibility index (Phi) is 4.80. The summed E-state index contributed by atoms with van der Waals surface area (Å²) in [7, 11) is 0. The summed E-state index contributed by atoms with van der Waals surface area (Å²) in [4.78, 5) is 4.15. The molecule has 0 saturated carbocycles. The highest BCUT2D eigenvalue weighted by Gasteiger charge is 2.30. The highest BCUT2D eigenvalue weighted by atomic mass is 19.4. The van der Waals surface area contributed by atoms with Gasteiger partial charge in [0.05, 0.1) is 11.8 Å². The van der Waals surface area contributed by atoms with Gasteiger partial charge in [0.25, 0.3) is 0 Å². The molecular weight excluding hydrogens is 281 g/mol. The Morgan fingerprint density at radius 2 is 1.95 bits per heavy atom. The molecule has 0 aliphatic rings. The summed E-state index contributed by atoms with van der Waals surface area (Å²) in [5.41, 5.74) is 6.04. The number of halogens is 3. The standard InChI is InChI=1S/C15H15F3N2O/c16-15(17,18)12-3-1-2-11(8-12)10-21-14-5-4-13(6-7-19)20-9-14/h1-5,8-9H,6-7,10,19H2. The second-order valence-corrected chi connectivity index (χ2v) is 4.51. The lowest BCUT2D eigenvalue weighted by Crippen LogP contribution is -2.06. The zero-order chi connectivity index (χ0) is 15.3. The van der Waals surface area contributed by atoms with Gasteiger partial charge < -0.3 is 10.5 Å². The first kappa shape index (κ1) is 15.3. The van der Waals surface area contributed by atoms with Crippen molar-refractivity contribution >= 4 is 0 Å². The van der Waals surface area contributed by atoms with E-state index in [1.165, 1.54) is 6.07 Å². The number of nitrogens with zero attached hydrogens (tertiary/aromatic N) is 1. The number of benzene rings is 1. The van der Waals surface area contributed by atoms with Gasteiger partial charge in [0.15, 0.2) is 0 Å². The fourth-order valence-electron chi connectivity index (χ4n) is 1.80. The van der Waals surface area contributed by atoms with E-state index in [1.807, 2.05) is 0 Å². The first-order valence-electron chi connectivity index (χ1n) is 6.43. The second kappa shape index (κ2) is 6.58. The average molecular weight is 296 g/mol. The van der Waals surface area contributed by atoms with E-state index in [2.05, 4.69) is 4.98 Å². The quantitative estimate of drug-likeness (QED) is 0.922. The maximum atomic E-state index is 12.6. The van der Waals surface area contributed by atoms with E-state index in [4.69, 9.17) is 10.5 Å². The minimum absolute atomic E-state index is 0.0574. The van der Waals surface area contributed by atoms with Gasteiger partial charge in [-0.05, 0) is 36.4 Å². The smallest absolute Gasteiger partial charge is 0.416 e. The topological polar surface area (TPSA) is 48.1 Å². The van der Waals surface area contributed by atoms with Crippen LogP contribution in [-0.4, -0.2) is 11.5 Å². The highest BCUT2D eigenvalue weighted by molar-refractivity contribution is 5.26. The molecule has 0 radical (unpaired) electrons. The predicted octanol–water partition coefficient (Wildman–Crippen LogP) is 3.18. The van der Waals surface area contributed by atoms with Gasteiger partial charge in [-0.15, -0.1) is 0 Å². The molecule has 6 heteroatoms. The van der Waals surface area contributed by atoms with Crippen LogP contribution in [0.2, 0.25) is 0 Å². The number of rotatable bonds is 5. The largest absolute Gasteiger partial charge is 0.487 e. The van der Waals surface area contributed by atoms with Crippen LogP contribution in [0.3, 0.4) is 0 Å². The lowest BCUT2D eigenvalue weighted by molar-refractivity contribution is -0.137. The van der Waals surface area contributed by atoms with Crippen LogP contribution >= 0.6 is 0 Å². The number of aromatic nitrogens is 1. The van der Waals surface area contributed by atoms with Gasteiger partial charge in [-0.25, -0.2) is 0 Å². The summed E-state index contributed by atoms with van der Waals surface area (Å²) >= 11 is 0.